The van der Waals surface area contributed by atoms with Gasteiger partial charge in [-0.3, -0.25) is 14.6 Å². The summed E-state index contributed by atoms with van der Waals surface area (Å²) in [4.78, 5) is 29.6. The molecular formula is C24H20ClFN2O3. The normalized spacial score (nSPS) is 14.8. The van der Waals surface area contributed by atoms with E-state index in [-0.39, 0.29) is 18.6 Å². The fraction of sp³-hybridized carbons (Fsp3) is 0.208. The molecule has 1 aliphatic heterocycles. The Bertz CT molecular complexity index is 1250. The highest BCUT2D eigenvalue weighted by Gasteiger charge is 2.28. The lowest BCUT2D eigenvalue weighted by Crippen LogP contribution is -2.18. The maximum Gasteiger partial charge on any atom is 0.308 e. The molecule has 1 aliphatic rings. The van der Waals surface area contributed by atoms with Crippen LogP contribution in [0.5, 0.6) is 0 Å². The van der Waals surface area contributed by atoms with E-state index in [4.69, 9.17) is 21.3 Å². The topological polar surface area (TPSA) is 60.7 Å². The van der Waals surface area contributed by atoms with Crippen molar-refractivity contribution in [2.24, 2.45) is 12.0 Å². The molecule has 2 aromatic carbocycles. The van der Waals surface area contributed by atoms with E-state index in [2.05, 4.69) is 0 Å². The zero-order valence-electron chi connectivity index (χ0n) is 17.1. The number of nitrogens with zero attached hydrogens (tertiary/aromatic N) is 2. The largest absolute Gasteiger partial charge is 0.466 e. The van der Waals surface area contributed by atoms with Gasteiger partial charge in [-0.05, 0) is 42.3 Å². The van der Waals surface area contributed by atoms with Crippen molar-refractivity contribution in [3.05, 3.63) is 92.6 Å². The monoisotopic (exact) mass is 438 g/mol. The summed E-state index contributed by atoms with van der Waals surface area (Å²) in [6.07, 6.45) is 1.66. The number of hydrogen-bond donors (Lipinski definition) is 0. The van der Waals surface area contributed by atoms with Gasteiger partial charge in [-0.15, -0.1) is 0 Å². The number of halogens is 2. The van der Waals surface area contributed by atoms with Crippen molar-refractivity contribution in [2.75, 3.05) is 6.61 Å². The molecule has 0 aliphatic carbocycles. The van der Waals surface area contributed by atoms with Gasteiger partial charge in [-0.1, -0.05) is 29.8 Å². The second-order valence-electron chi connectivity index (χ2n) is 7.29. The van der Waals surface area contributed by atoms with Gasteiger partial charge in [0.05, 0.1) is 24.8 Å². The Morgan fingerprint density at radius 3 is 2.58 bits per heavy atom. The lowest BCUT2D eigenvalue weighted by Gasteiger charge is -2.16. The zero-order valence-corrected chi connectivity index (χ0v) is 17.8. The summed E-state index contributed by atoms with van der Waals surface area (Å²) >= 11 is 6.05. The summed E-state index contributed by atoms with van der Waals surface area (Å²) in [5, 5.41) is 0.562. The highest BCUT2D eigenvalue weighted by Crippen LogP contribution is 2.38. The van der Waals surface area contributed by atoms with Crippen molar-refractivity contribution in [1.29, 1.82) is 0 Å². The first-order valence-corrected chi connectivity index (χ1v) is 10.3. The quantitative estimate of drug-likeness (QED) is 0.555. The van der Waals surface area contributed by atoms with Crippen LogP contribution < -0.4 is 5.56 Å². The van der Waals surface area contributed by atoms with Gasteiger partial charge < -0.3 is 9.30 Å². The van der Waals surface area contributed by atoms with Crippen LogP contribution in [0.25, 0.3) is 11.1 Å². The standard InChI is InChI=1S/C24H20ClFN2O3/c1-3-31-23(30)12-21-18-11-22(29)28(2)13-20(18)17-9-8-16(26)10-19(17)24(27-21)14-4-6-15(25)7-5-14/h4-11,13,21H,3,12H2,1-2H3. The zero-order chi connectivity index (χ0) is 22.1. The Kier molecular flexibility index (Phi) is 5.74. The van der Waals surface area contributed by atoms with Gasteiger partial charge >= 0.3 is 5.97 Å². The molecule has 4 rings (SSSR count). The van der Waals surface area contributed by atoms with Crippen molar-refractivity contribution in [2.45, 2.75) is 19.4 Å². The van der Waals surface area contributed by atoms with Gasteiger partial charge in [0.25, 0.3) is 5.56 Å². The van der Waals surface area contributed by atoms with Crippen molar-refractivity contribution >= 4 is 23.3 Å². The number of esters is 1. The number of rotatable bonds is 4. The molecule has 1 atom stereocenters. The van der Waals surface area contributed by atoms with Crippen LogP contribution in [-0.2, 0) is 16.6 Å². The lowest BCUT2D eigenvalue weighted by atomic mass is 9.91. The van der Waals surface area contributed by atoms with E-state index in [1.807, 2.05) is 0 Å². The van der Waals surface area contributed by atoms with E-state index in [0.29, 0.717) is 21.9 Å². The molecule has 1 aromatic heterocycles. The number of aromatic nitrogens is 1. The van der Waals surface area contributed by atoms with E-state index >= 15 is 0 Å². The van der Waals surface area contributed by atoms with E-state index in [1.165, 1.54) is 22.8 Å². The minimum atomic E-state index is -0.663. The third kappa shape index (κ3) is 4.16. The van der Waals surface area contributed by atoms with E-state index in [1.54, 1.807) is 50.5 Å². The van der Waals surface area contributed by atoms with Gasteiger partial charge in [0.15, 0.2) is 0 Å². The summed E-state index contributed by atoms with van der Waals surface area (Å²) < 4.78 is 20.9. The molecular weight excluding hydrogens is 419 g/mol. The predicted octanol–water partition coefficient (Wildman–Crippen LogP) is 4.69. The van der Waals surface area contributed by atoms with E-state index in [9.17, 15) is 14.0 Å². The van der Waals surface area contributed by atoms with Crippen LogP contribution in [0.4, 0.5) is 4.39 Å². The van der Waals surface area contributed by atoms with Gasteiger partial charge in [-0.2, -0.15) is 0 Å². The van der Waals surface area contributed by atoms with Gasteiger partial charge in [0, 0.05) is 41.0 Å². The highest BCUT2D eigenvalue weighted by atomic mass is 35.5. The molecule has 0 saturated carbocycles. The molecule has 1 unspecified atom stereocenters. The summed E-state index contributed by atoms with van der Waals surface area (Å²) in [5.41, 5.74) is 3.66. The summed E-state index contributed by atoms with van der Waals surface area (Å²) in [5.74, 6) is -0.828. The molecule has 2 heterocycles. The number of aryl methyl sites for hydroxylation is 1. The minimum absolute atomic E-state index is 0.0401. The van der Waals surface area contributed by atoms with Crippen LogP contribution in [-0.4, -0.2) is 22.9 Å². The number of hydrogen-bond acceptors (Lipinski definition) is 4. The molecule has 158 valence electrons. The minimum Gasteiger partial charge on any atom is -0.466 e. The fourth-order valence-electron chi connectivity index (χ4n) is 3.76. The SMILES string of the molecule is CCOC(=O)CC1N=C(c2ccc(Cl)cc2)c2cc(F)ccc2-c2cn(C)c(=O)cc21. The first kappa shape index (κ1) is 21.0. The lowest BCUT2D eigenvalue weighted by molar-refractivity contribution is -0.143. The second-order valence-corrected chi connectivity index (χ2v) is 7.73. The number of ether oxygens (including phenoxy) is 1. The number of carbonyl (C=O) groups excluding carboxylic acids is 1. The Morgan fingerprint density at radius 2 is 1.87 bits per heavy atom. The molecule has 31 heavy (non-hydrogen) atoms. The molecule has 0 amide bonds. The van der Waals surface area contributed by atoms with Crippen molar-refractivity contribution < 1.29 is 13.9 Å². The van der Waals surface area contributed by atoms with E-state index < -0.39 is 17.8 Å². The van der Waals surface area contributed by atoms with Crippen LogP contribution in [0.1, 0.15) is 36.1 Å². The molecule has 7 heteroatoms. The van der Waals surface area contributed by atoms with Gasteiger partial charge in [-0.25, -0.2) is 4.39 Å². The molecule has 0 fully saturated rings. The Balaban J connectivity index is 2.01. The number of pyridine rings is 1. The Labute approximate surface area is 183 Å². The third-order valence-corrected chi connectivity index (χ3v) is 5.47. The highest BCUT2D eigenvalue weighted by molar-refractivity contribution is 6.30. The van der Waals surface area contributed by atoms with Crippen LogP contribution in [0.3, 0.4) is 0 Å². The first-order chi connectivity index (χ1) is 14.9. The van der Waals surface area contributed by atoms with E-state index in [0.717, 1.165) is 16.7 Å². The second kappa shape index (κ2) is 8.47. The van der Waals surface area contributed by atoms with Crippen LogP contribution in [0, 0.1) is 5.82 Å². The molecule has 0 spiro atoms. The molecule has 0 bridgehead atoms. The van der Waals surface area contributed by atoms with Crippen LogP contribution in [0.2, 0.25) is 5.02 Å². The van der Waals surface area contributed by atoms with Crippen LogP contribution >= 0.6 is 11.6 Å². The Hall–Kier alpha value is -3.25. The average Bonchev–Trinajstić information content (AvgIpc) is 2.85. The van der Waals surface area contributed by atoms with Crippen molar-refractivity contribution in [3.8, 4) is 11.1 Å². The Morgan fingerprint density at radius 1 is 1.13 bits per heavy atom. The number of benzene rings is 2. The maximum atomic E-state index is 14.3. The number of aliphatic imine (C=N–C) groups is 1. The van der Waals surface area contributed by atoms with Gasteiger partial charge in [0.2, 0.25) is 0 Å². The smallest absolute Gasteiger partial charge is 0.308 e. The van der Waals surface area contributed by atoms with Crippen molar-refractivity contribution in [3.63, 3.8) is 0 Å². The predicted molar refractivity (Wildman–Crippen MR) is 118 cm³/mol. The number of carbonyl (C=O) groups is 1. The molecule has 0 N–H and O–H groups in total. The molecule has 3 aromatic rings. The third-order valence-electron chi connectivity index (χ3n) is 5.21. The summed E-state index contributed by atoms with van der Waals surface area (Å²) in [6, 6.07) is 12.3. The molecule has 0 saturated heterocycles. The van der Waals surface area contributed by atoms with Crippen LogP contribution in [0.15, 0.2) is 64.5 Å². The first-order valence-electron chi connectivity index (χ1n) is 9.87. The average molecular weight is 439 g/mol. The molecule has 0 radical (unpaired) electrons. The summed E-state index contributed by atoms with van der Waals surface area (Å²) in [6.45, 7) is 1.98. The molecule has 5 nitrogen and oxygen atoms in total. The maximum absolute atomic E-state index is 14.3. The fourth-order valence-corrected chi connectivity index (χ4v) is 3.88. The summed E-state index contributed by atoms with van der Waals surface area (Å²) in [7, 11) is 1.65. The van der Waals surface area contributed by atoms with Gasteiger partial charge in [0.1, 0.15) is 5.82 Å². The van der Waals surface area contributed by atoms with Crippen molar-refractivity contribution in [1.82, 2.24) is 4.57 Å². The number of fused-ring (bicyclic) bond motifs is 3.